The zero-order valence-corrected chi connectivity index (χ0v) is 9.68. The number of thiazole rings is 1. The third-order valence-electron chi connectivity index (χ3n) is 2.26. The van der Waals surface area contributed by atoms with E-state index in [4.69, 9.17) is 0 Å². The van der Waals surface area contributed by atoms with Gasteiger partial charge in [-0.05, 0) is 25.0 Å². The second-order valence-electron chi connectivity index (χ2n) is 3.59. The van der Waals surface area contributed by atoms with Crippen LogP contribution in [0.15, 0.2) is 29.6 Å². The standard InChI is InChI=1S/C13H14NS/c1-3-5-11-6-4-7-12(8-11)13-14-10(2)9-15-13/h4,6-9H,2-3,5H2,1H3. The van der Waals surface area contributed by atoms with Crippen LogP contribution in [0.3, 0.4) is 0 Å². The quantitative estimate of drug-likeness (QED) is 0.757. The molecule has 0 aliphatic heterocycles. The van der Waals surface area contributed by atoms with Crippen LogP contribution < -0.4 is 0 Å². The highest BCUT2D eigenvalue weighted by molar-refractivity contribution is 7.13. The van der Waals surface area contributed by atoms with Gasteiger partial charge in [0.1, 0.15) is 5.01 Å². The lowest BCUT2D eigenvalue weighted by molar-refractivity contribution is 0.922. The van der Waals surface area contributed by atoms with Crippen molar-refractivity contribution in [2.45, 2.75) is 19.8 Å². The summed E-state index contributed by atoms with van der Waals surface area (Å²) in [6.07, 6.45) is 2.32. The molecule has 0 saturated carbocycles. The van der Waals surface area contributed by atoms with Crippen molar-refractivity contribution in [3.63, 3.8) is 0 Å². The smallest absolute Gasteiger partial charge is 0.123 e. The first-order valence-electron chi connectivity index (χ1n) is 5.16. The minimum absolute atomic E-state index is 0.857. The third kappa shape index (κ3) is 2.45. The van der Waals surface area contributed by atoms with Crippen molar-refractivity contribution in [2.75, 3.05) is 0 Å². The van der Waals surface area contributed by atoms with Crippen LogP contribution in [0.25, 0.3) is 10.6 Å². The van der Waals surface area contributed by atoms with Crippen LogP contribution in [0.2, 0.25) is 0 Å². The zero-order chi connectivity index (χ0) is 10.7. The van der Waals surface area contributed by atoms with E-state index >= 15 is 0 Å². The second kappa shape index (κ2) is 4.58. The van der Waals surface area contributed by atoms with Crippen molar-refractivity contribution in [1.82, 2.24) is 4.98 Å². The molecule has 1 radical (unpaired) electrons. The van der Waals surface area contributed by atoms with Crippen molar-refractivity contribution in [3.8, 4) is 10.6 Å². The lowest BCUT2D eigenvalue weighted by Crippen LogP contribution is -1.84. The summed E-state index contributed by atoms with van der Waals surface area (Å²) in [5.74, 6) is 0. The molecule has 1 aromatic heterocycles. The van der Waals surface area contributed by atoms with E-state index in [0.29, 0.717) is 0 Å². The number of nitrogens with zero attached hydrogens (tertiary/aromatic N) is 1. The molecule has 0 bridgehead atoms. The molecule has 2 rings (SSSR count). The number of benzene rings is 1. The Labute approximate surface area is 94.8 Å². The maximum Gasteiger partial charge on any atom is 0.123 e. The fraction of sp³-hybridized carbons (Fsp3) is 0.231. The Balaban J connectivity index is 2.32. The predicted molar refractivity (Wildman–Crippen MR) is 66.0 cm³/mol. The van der Waals surface area contributed by atoms with E-state index in [0.717, 1.165) is 17.1 Å². The average molecular weight is 216 g/mol. The summed E-state index contributed by atoms with van der Waals surface area (Å²) in [6, 6.07) is 8.61. The van der Waals surface area contributed by atoms with E-state index in [2.05, 4.69) is 43.1 Å². The van der Waals surface area contributed by atoms with Crippen molar-refractivity contribution < 1.29 is 0 Å². The minimum atomic E-state index is 0.857. The number of aromatic nitrogens is 1. The van der Waals surface area contributed by atoms with Crippen LogP contribution in [-0.2, 0) is 6.42 Å². The third-order valence-corrected chi connectivity index (χ3v) is 3.20. The highest BCUT2D eigenvalue weighted by Gasteiger charge is 2.02. The minimum Gasteiger partial charge on any atom is -0.241 e. The number of hydrogen-bond acceptors (Lipinski definition) is 2. The Morgan fingerprint density at radius 1 is 1.40 bits per heavy atom. The monoisotopic (exact) mass is 216 g/mol. The molecule has 2 aromatic rings. The Hall–Kier alpha value is -1.15. The molecule has 0 aliphatic rings. The van der Waals surface area contributed by atoms with Gasteiger partial charge in [0.05, 0.1) is 5.69 Å². The molecule has 1 nitrogen and oxygen atoms in total. The molecular formula is C13H14NS. The van der Waals surface area contributed by atoms with Gasteiger partial charge in [0, 0.05) is 10.9 Å². The SMILES string of the molecule is [CH2]c1csc(-c2cccc(CCC)c2)n1. The molecule has 2 heteroatoms. The van der Waals surface area contributed by atoms with Crippen LogP contribution in [-0.4, -0.2) is 4.98 Å². The van der Waals surface area contributed by atoms with Gasteiger partial charge >= 0.3 is 0 Å². The maximum atomic E-state index is 4.39. The van der Waals surface area contributed by atoms with Crippen LogP contribution >= 0.6 is 11.3 Å². The highest BCUT2D eigenvalue weighted by atomic mass is 32.1. The largest absolute Gasteiger partial charge is 0.241 e. The van der Waals surface area contributed by atoms with Crippen LogP contribution in [0.1, 0.15) is 24.6 Å². The van der Waals surface area contributed by atoms with Crippen molar-refractivity contribution in [2.24, 2.45) is 0 Å². The fourth-order valence-electron chi connectivity index (χ4n) is 1.59. The van der Waals surface area contributed by atoms with E-state index in [1.807, 2.05) is 5.38 Å². The summed E-state index contributed by atoms with van der Waals surface area (Å²) in [6.45, 7) is 6.02. The van der Waals surface area contributed by atoms with E-state index < -0.39 is 0 Å². The summed E-state index contributed by atoms with van der Waals surface area (Å²) in [4.78, 5) is 4.39. The summed E-state index contributed by atoms with van der Waals surface area (Å²) in [7, 11) is 0. The van der Waals surface area contributed by atoms with Crippen molar-refractivity contribution in [1.29, 1.82) is 0 Å². The molecule has 0 unspecified atom stereocenters. The first kappa shape index (κ1) is 10.4. The topological polar surface area (TPSA) is 12.9 Å². The van der Waals surface area contributed by atoms with Gasteiger partial charge in [0.15, 0.2) is 0 Å². The Bertz CT molecular complexity index is 445. The summed E-state index contributed by atoms with van der Waals surface area (Å²) >= 11 is 1.66. The molecule has 0 amide bonds. The molecule has 15 heavy (non-hydrogen) atoms. The van der Waals surface area contributed by atoms with Gasteiger partial charge in [-0.1, -0.05) is 31.5 Å². The molecule has 0 atom stereocenters. The predicted octanol–water partition coefficient (Wildman–Crippen LogP) is 3.94. The molecular weight excluding hydrogens is 202 g/mol. The van der Waals surface area contributed by atoms with Gasteiger partial charge in [-0.25, -0.2) is 4.98 Å². The first-order chi connectivity index (χ1) is 7.29. The molecule has 1 heterocycles. The van der Waals surface area contributed by atoms with Crippen LogP contribution in [0.4, 0.5) is 0 Å². The molecule has 0 saturated heterocycles. The Morgan fingerprint density at radius 3 is 2.93 bits per heavy atom. The molecule has 0 N–H and O–H groups in total. The van der Waals surface area contributed by atoms with Crippen LogP contribution in [0, 0.1) is 6.92 Å². The Morgan fingerprint density at radius 2 is 2.27 bits per heavy atom. The average Bonchev–Trinajstić information content (AvgIpc) is 2.66. The fourth-order valence-corrected chi connectivity index (χ4v) is 2.32. The van der Waals surface area contributed by atoms with Gasteiger partial charge < -0.3 is 0 Å². The number of rotatable bonds is 3. The van der Waals surface area contributed by atoms with Crippen molar-refractivity contribution in [3.05, 3.63) is 47.8 Å². The lowest BCUT2D eigenvalue weighted by Gasteiger charge is -2.01. The second-order valence-corrected chi connectivity index (χ2v) is 4.45. The normalized spacial score (nSPS) is 10.5. The summed E-state index contributed by atoms with van der Waals surface area (Å²) < 4.78 is 0. The van der Waals surface area contributed by atoms with Gasteiger partial charge in [-0.3, -0.25) is 0 Å². The van der Waals surface area contributed by atoms with E-state index in [9.17, 15) is 0 Å². The van der Waals surface area contributed by atoms with Gasteiger partial charge in [-0.15, -0.1) is 11.3 Å². The first-order valence-corrected chi connectivity index (χ1v) is 6.04. The van der Waals surface area contributed by atoms with Crippen LogP contribution in [0.5, 0.6) is 0 Å². The van der Waals surface area contributed by atoms with Gasteiger partial charge in [0.2, 0.25) is 0 Å². The molecule has 0 spiro atoms. The Kier molecular flexibility index (Phi) is 3.17. The molecule has 0 aliphatic carbocycles. The lowest BCUT2D eigenvalue weighted by atomic mass is 10.1. The maximum absolute atomic E-state index is 4.39. The highest BCUT2D eigenvalue weighted by Crippen LogP contribution is 2.24. The molecule has 0 fully saturated rings. The summed E-state index contributed by atoms with van der Waals surface area (Å²) in [5.41, 5.74) is 3.45. The molecule has 77 valence electrons. The van der Waals surface area contributed by atoms with E-state index in [1.54, 1.807) is 11.3 Å². The zero-order valence-electron chi connectivity index (χ0n) is 8.86. The van der Waals surface area contributed by atoms with Gasteiger partial charge in [0.25, 0.3) is 0 Å². The number of aryl methyl sites for hydroxylation is 1. The summed E-state index contributed by atoms with van der Waals surface area (Å²) in [5, 5.41) is 3.06. The van der Waals surface area contributed by atoms with E-state index in [1.165, 1.54) is 17.5 Å². The van der Waals surface area contributed by atoms with Gasteiger partial charge in [-0.2, -0.15) is 0 Å². The van der Waals surface area contributed by atoms with Crippen molar-refractivity contribution >= 4 is 11.3 Å². The van der Waals surface area contributed by atoms with E-state index in [-0.39, 0.29) is 0 Å². The molecule has 1 aromatic carbocycles. The number of hydrogen-bond donors (Lipinski definition) is 0.